The number of ether oxygens (including phenoxy) is 1. The third-order valence-electron chi connectivity index (χ3n) is 1.94. The molecule has 0 aliphatic heterocycles. The quantitative estimate of drug-likeness (QED) is 0.847. The Balaban J connectivity index is 2.08. The van der Waals surface area contributed by atoms with E-state index in [0.717, 1.165) is 5.56 Å². The Morgan fingerprint density at radius 1 is 1.53 bits per heavy atom. The van der Waals surface area contributed by atoms with Crippen LogP contribution in [0, 0.1) is 0 Å². The van der Waals surface area contributed by atoms with Gasteiger partial charge in [-0.3, -0.25) is 0 Å². The first-order valence-electron chi connectivity index (χ1n) is 4.69. The second-order valence-electron chi connectivity index (χ2n) is 3.25. The maximum absolute atomic E-state index is 10.3. The Hall–Kier alpha value is -2.08. The van der Waals surface area contributed by atoms with Crippen molar-refractivity contribution in [1.29, 1.82) is 0 Å². The predicted octanol–water partition coefficient (Wildman–Crippen LogP) is 2.04. The smallest absolute Gasteiger partial charge is 0.449 e. The first-order chi connectivity index (χ1) is 8.13. The third kappa shape index (κ3) is 3.18. The molecule has 2 rings (SSSR count). The van der Waals surface area contributed by atoms with E-state index >= 15 is 0 Å². The number of benzene rings is 1. The number of hydrogen-bond donors (Lipinski definition) is 1. The van der Waals surface area contributed by atoms with Gasteiger partial charge in [-0.2, -0.15) is 0 Å². The minimum atomic E-state index is -1.42. The van der Waals surface area contributed by atoms with Crippen LogP contribution in [0.3, 0.4) is 0 Å². The molecule has 6 nitrogen and oxygen atoms in total. The summed E-state index contributed by atoms with van der Waals surface area (Å²) in [7, 11) is 0. The van der Waals surface area contributed by atoms with E-state index in [4.69, 9.17) is 16.7 Å². The monoisotopic (exact) mass is 253 g/mol. The van der Waals surface area contributed by atoms with Crippen molar-refractivity contribution in [3.8, 4) is 5.88 Å². The molecule has 1 N–H and O–H groups in total. The highest BCUT2D eigenvalue weighted by Gasteiger charge is 2.06. The van der Waals surface area contributed by atoms with E-state index in [1.54, 1.807) is 12.1 Å². The van der Waals surface area contributed by atoms with Crippen LogP contribution in [0.1, 0.15) is 5.56 Å². The van der Waals surface area contributed by atoms with E-state index in [2.05, 4.69) is 15.0 Å². The standard InChI is InChI=1S/C10H8ClN3O3/c11-8-3-1-2-7(4-8)5-14-6-9(12-13-14)17-10(15)16/h1-4,6H,5H2,(H,15,16). The van der Waals surface area contributed by atoms with Crippen LogP contribution in [0.25, 0.3) is 0 Å². The molecule has 17 heavy (non-hydrogen) atoms. The lowest BCUT2D eigenvalue weighted by Gasteiger charge is -2.00. The number of nitrogens with zero attached hydrogens (tertiary/aromatic N) is 3. The second kappa shape index (κ2) is 4.84. The molecule has 0 atom stereocenters. The summed E-state index contributed by atoms with van der Waals surface area (Å²) in [5.74, 6) is -0.0560. The van der Waals surface area contributed by atoms with Gasteiger partial charge in [0.25, 0.3) is 5.88 Å². The van der Waals surface area contributed by atoms with Gasteiger partial charge >= 0.3 is 6.16 Å². The molecular weight excluding hydrogens is 246 g/mol. The molecule has 1 aromatic carbocycles. The van der Waals surface area contributed by atoms with Crippen LogP contribution in [-0.4, -0.2) is 26.3 Å². The number of rotatable bonds is 3. The fourth-order valence-corrected chi connectivity index (χ4v) is 1.53. The van der Waals surface area contributed by atoms with Crippen molar-refractivity contribution in [3.05, 3.63) is 41.0 Å². The van der Waals surface area contributed by atoms with Crippen molar-refractivity contribution >= 4 is 17.8 Å². The highest BCUT2D eigenvalue weighted by Crippen LogP contribution is 2.12. The van der Waals surface area contributed by atoms with Crippen molar-refractivity contribution in [1.82, 2.24) is 15.0 Å². The van der Waals surface area contributed by atoms with E-state index in [9.17, 15) is 4.79 Å². The zero-order chi connectivity index (χ0) is 12.3. The van der Waals surface area contributed by atoms with E-state index < -0.39 is 6.16 Å². The van der Waals surface area contributed by atoms with Gasteiger partial charge in [0.15, 0.2) is 0 Å². The third-order valence-corrected chi connectivity index (χ3v) is 2.18. The largest absolute Gasteiger partial charge is 0.512 e. The topological polar surface area (TPSA) is 77.2 Å². The van der Waals surface area contributed by atoms with Gasteiger partial charge in [-0.05, 0) is 17.7 Å². The summed E-state index contributed by atoms with van der Waals surface area (Å²) in [6.45, 7) is 0.441. The fourth-order valence-electron chi connectivity index (χ4n) is 1.32. The molecule has 0 aliphatic rings. The zero-order valence-electron chi connectivity index (χ0n) is 8.58. The number of aromatic nitrogens is 3. The molecule has 0 saturated heterocycles. The van der Waals surface area contributed by atoms with Crippen molar-refractivity contribution in [2.24, 2.45) is 0 Å². The fraction of sp³-hybridized carbons (Fsp3) is 0.100. The Morgan fingerprint density at radius 3 is 3.06 bits per heavy atom. The lowest BCUT2D eigenvalue weighted by Crippen LogP contribution is -2.03. The van der Waals surface area contributed by atoms with Crippen molar-refractivity contribution in [2.75, 3.05) is 0 Å². The van der Waals surface area contributed by atoms with E-state index in [1.807, 2.05) is 12.1 Å². The first-order valence-corrected chi connectivity index (χ1v) is 5.06. The average Bonchev–Trinajstić information content (AvgIpc) is 2.64. The number of carbonyl (C=O) groups is 1. The highest BCUT2D eigenvalue weighted by molar-refractivity contribution is 6.30. The minimum absolute atomic E-state index is 0.0560. The van der Waals surface area contributed by atoms with Gasteiger partial charge in [-0.15, -0.1) is 0 Å². The number of carboxylic acid groups (broad SMARTS) is 1. The maximum atomic E-state index is 10.3. The molecule has 0 saturated carbocycles. The SMILES string of the molecule is O=C(O)Oc1cn(Cc2cccc(Cl)c2)nn1. The van der Waals surface area contributed by atoms with Crippen LogP contribution >= 0.6 is 11.6 Å². The molecule has 0 amide bonds. The van der Waals surface area contributed by atoms with Gasteiger partial charge in [0, 0.05) is 5.02 Å². The molecule has 0 fully saturated rings. The summed E-state index contributed by atoms with van der Waals surface area (Å²) in [5, 5.41) is 16.3. The molecular formula is C10H8ClN3O3. The maximum Gasteiger partial charge on any atom is 0.512 e. The summed E-state index contributed by atoms with van der Waals surface area (Å²) >= 11 is 5.84. The van der Waals surface area contributed by atoms with Crippen molar-refractivity contribution < 1.29 is 14.6 Å². The molecule has 1 aromatic heterocycles. The molecule has 0 unspecified atom stereocenters. The van der Waals surface area contributed by atoms with E-state index in [-0.39, 0.29) is 5.88 Å². The second-order valence-corrected chi connectivity index (χ2v) is 3.69. The minimum Gasteiger partial charge on any atom is -0.449 e. The molecule has 88 valence electrons. The Morgan fingerprint density at radius 2 is 2.35 bits per heavy atom. The normalized spacial score (nSPS) is 10.2. The van der Waals surface area contributed by atoms with Crippen LogP contribution < -0.4 is 4.74 Å². The lowest BCUT2D eigenvalue weighted by molar-refractivity contribution is 0.142. The van der Waals surface area contributed by atoms with Gasteiger partial charge in [-0.1, -0.05) is 34.0 Å². The summed E-state index contributed by atoms with van der Waals surface area (Å²) in [6.07, 6.45) is -0.0190. The summed E-state index contributed by atoms with van der Waals surface area (Å²) < 4.78 is 5.81. The lowest BCUT2D eigenvalue weighted by atomic mass is 10.2. The predicted molar refractivity (Wildman–Crippen MR) is 59.2 cm³/mol. The van der Waals surface area contributed by atoms with Crippen LogP contribution in [0.5, 0.6) is 5.88 Å². The summed E-state index contributed by atoms with van der Waals surface area (Å²) in [4.78, 5) is 10.3. The highest BCUT2D eigenvalue weighted by atomic mass is 35.5. The zero-order valence-corrected chi connectivity index (χ0v) is 9.33. The summed E-state index contributed by atoms with van der Waals surface area (Å²) in [5.41, 5.74) is 0.935. The molecule has 0 radical (unpaired) electrons. The van der Waals surface area contributed by atoms with Gasteiger partial charge < -0.3 is 9.84 Å². The number of hydrogen-bond acceptors (Lipinski definition) is 4. The van der Waals surface area contributed by atoms with Gasteiger partial charge in [0.1, 0.15) is 0 Å². The van der Waals surface area contributed by atoms with Crippen LogP contribution in [0.2, 0.25) is 5.02 Å². The molecule has 0 spiro atoms. The molecule has 0 bridgehead atoms. The van der Waals surface area contributed by atoms with Crippen LogP contribution in [0.4, 0.5) is 4.79 Å². The Labute approximate surface area is 101 Å². The van der Waals surface area contributed by atoms with Crippen molar-refractivity contribution in [3.63, 3.8) is 0 Å². The Bertz CT molecular complexity index is 541. The van der Waals surface area contributed by atoms with Gasteiger partial charge in [0.2, 0.25) is 0 Å². The Kier molecular flexibility index (Phi) is 3.24. The van der Waals surface area contributed by atoms with Gasteiger partial charge in [0.05, 0.1) is 12.7 Å². The molecule has 0 aliphatic carbocycles. The number of halogens is 1. The molecule has 2 aromatic rings. The van der Waals surface area contributed by atoms with Crippen molar-refractivity contribution in [2.45, 2.75) is 6.54 Å². The molecule has 1 heterocycles. The van der Waals surface area contributed by atoms with Crippen LogP contribution in [-0.2, 0) is 6.54 Å². The average molecular weight is 254 g/mol. The van der Waals surface area contributed by atoms with Gasteiger partial charge in [-0.25, -0.2) is 9.48 Å². The van der Waals surface area contributed by atoms with E-state index in [1.165, 1.54) is 10.9 Å². The van der Waals surface area contributed by atoms with E-state index in [0.29, 0.717) is 11.6 Å². The molecule has 7 heteroatoms. The van der Waals surface area contributed by atoms with Crippen LogP contribution in [0.15, 0.2) is 30.5 Å². The first kappa shape index (κ1) is 11.4. The summed E-state index contributed by atoms with van der Waals surface area (Å²) in [6, 6.07) is 7.26.